The normalized spacial score (nSPS) is 15.3. The van der Waals surface area contributed by atoms with Crippen molar-refractivity contribution >= 4 is 0 Å². The van der Waals surface area contributed by atoms with Crippen molar-refractivity contribution in [3.05, 3.63) is 23.8 Å². The van der Waals surface area contributed by atoms with Gasteiger partial charge in [-0.1, -0.05) is 26.0 Å². The first-order valence-electron chi connectivity index (χ1n) is 7.64. The van der Waals surface area contributed by atoms with E-state index in [1.807, 2.05) is 32.9 Å². The van der Waals surface area contributed by atoms with Crippen molar-refractivity contribution in [2.75, 3.05) is 13.7 Å². The smallest absolute Gasteiger partial charge is 0.197 e. The van der Waals surface area contributed by atoms with Crippen molar-refractivity contribution in [3.8, 4) is 11.5 Å². The van der Waals surface area contributed by atoms with E-state index in [0.717, 1.165) is 17.7 Å². The van der Waals surface area contributed by atoms with E-state index >= 15 is 0 Å². The Hall–Kier alpha value is -1.26. The highest BCUT2D eigenvalue weighted by Gasteiger charge is 2.19. The van der Waals surface area contributed by atoms with Crippen LogP contribution >= 0.6 is 0 Å². The van der Waals surface area contributed by atoms with Gasteiger partial charge in [-0.15, -0.1) is 0 Å². The van der Waals surface area contributed by atoms with Crippen LogP contribution in [0.3, 0.4) is 0 Å². The molecule has 4 heteroatoms. The number of para-hydroxylation sites is 1. The molecule has 0 spiro atoms. The maximum atomic E-state index is 5.92. The summed E-state index contributed by atoms with van der Waals surface area (Å²) in [6, 6.07) is 5.96. The van der Waals surface area contributed by atoms with Crippen LogP contribution in [0.1, 0.15) is 52.5 Å². The van der Waals surface area contributed by atoms with Crippen LogP contribution in [0.5, 0.6) is 11.5 Å². The molecule has 1 rings (SSSR count). The van der Waals surface area contributed by atoms with E-state index in [2.05, 4.69) is 19.9 Å². The molecule has 3 atom stereocenters. The summed E-state index contributed by atoms with van der Waals surface area (Å²) in [4.78, 5) is 0. The van der Waals surface area contributed by atoms with E-state index in [1.165, 1.54) is 0 Å². The molecule has 0 saturated heterocycles. The van der Waals surface area contributed by atoms with E-state index in [-0.39, 0.29) is 12.6 Å². The molecule has 0 saturated carbocycles. The van der Waals surface area contributed by atoms with Crippen LogP contribution in [-0.4, -0.2) is 26.3 Å². The van der Waals surface area contributed by atoms with Crippen molar-refractivity contribution < 1.29 is 18.9 Å². The number of hydrogen-bond acceptors (Lipinski definition) is 4. The molecule has 0 N–H and O–H groups in total. The molecule has 120 valence electrons. The van der Waals surface area contributed by atoms with Crippen LogP contribution < -0.4 is 9.47 Å². The third-order valence-electron chi connectivity index (χ3n) is 3.46. The van der Waals surface area contributed by atoms with Gasteiger partial charge in [-0.05, 0) is 39.2 Å². The summed E-state index contributed by atoms with van der Waals surface area (Å²) < 4.78 is 22.5. The van der Waals surface area contributed by atoms with Gasteiger partial charge in [0.1, 0.15) is 0 Å². The molecule has 0 bridgehead atoms. The van der Waals surface area contributed by atoms with Gasteiger partial charge in [-0.3, -0.25) is 0 Å². The lowest BCUT2D eigenvalue weighted by atomic mass is 9.97. The average molecular weight is 296 g/mol. The topological polar surface area (TPSA) is 36.9 Å². The first kappa shape index (κ1) is 17.8. The molecule has 0 heterocycles. The maximum Gasteiger partial charge on any atom is 0.197 e. The van der Waals surface area contributed by atoms with Crippen molar-refractivity contribution in [1.29, 1.82) is 0 Å². The number of methoxy groups -OCH3 is 1. The Bertz CT molecular complexity index is 419. The minimum atomic E-state index is -0.333. The summed E-state index contributed by atoms with van der Waals surface area (Å²) in [5, 5.41) is 0. The Labute approximate surface area is 128 Å². The van der Waals surface area contributed by atoms with Gasteiger partial charge in [0.05, 0.1) is 0 Å². The summed E-state index contributed by atoms with van der Waals surface area (Å²) >= 11 is 0. The predicted octanol–water partition coefficient (Wildman–Crippen LogP) is 4.33. The zero-order valence-corrected chi connectivity index (χ0v) is 14.0. The van der Waals surface area contributed by atoms with Gasteiger partial charge in [0.15, 0.2) is 24.1 Å². The van der Waals surface area contributed by atoms with Crippen molar-refractivity contribution in [3.63, 3.8) is 0 Å². The zero-order chi connectivity index (χ0) is 15.8. The number of benzene rings is 1. The molecule has 21 heavy (non-hydrogen) atoms. The van der Waals surface area contributed by atoms with Gasteiger partial charge in [-0.2, -0.15) is 0 Å². The zero-order valence-electron chi connectivity index (χ0n) is 14.0. The third kappa shape index (κ3) is 5.21. The minimum absolute atomic E-state index is 0.317. The highest BCUT2D eigenvalue weighted by molar-refractivity contribution is 5.48. The van der Waals surface area contributed by atoms with Gasteiger partial charge < -0.3 is 18.9 Å². The molecule has 0 aromatic heterocycles. The van der Waals surface area contributed by atoms with Gasteiger partial charge in [0.25, 0.3) is 0 Å². The molecule has 0 aliphatic rings. The van der Waals surface area contributed by atoms with Crippen LogP contribution in [0.25, 0.3) is 0 Å². The predicted molar refractivity (Wildman–Crippen MR) is 84.0 cm³/mol. The highest BCUT2D eigenvalue weighted by atomic mass is 16.7. The standard InChI is InChI=1S/C17H28O4/c1-7-12(3)15-10-9-11-16(20-14(5)19-8-2)17(15)21-13(4)18-6/h9-14H,7-8H2,1-6H3. The molecule has 0 amide bonds. The van der Waals surface area contributed by atoms with E-state index in [0.29, 0.717) is 18.3 Å². The van der Waals surface area contributed by atoms with Gasteiger partial charge >= 0.3 is 0 Å². The largest absolute Gasteiger partial charge is 0.461 e. The van der Waals surface area contributed by atoms with Crippen molar-refractivity contribution in [2.45, 2.75) is 59.5 Å². The molecule has 1 aromatic rings. The number of rotatable bonds is 9. The molecular weight excluding hydrogens is 268 g/mol. The number of hydrogen-bond donors (Lipinski definition) is 0. The van der Waals surface area contributed by atoms with Gasteiger partial charge in [-0.25, -0.2) is 0 Å². The van der Waals surface area contributed by atoms with E-state index < -0.39 is 0 Å². The lowest BCUT2D eigenvalue weighted by Gasteiger charge is -2.23. The van der Waals surface area contributed by atoms with Crippen LogP contribution in [0, 0.1) is 0 Å². The second-order valence-corrected chi connectivity index (χ2v) is 5.05. The van der Waals surface area contributed by atoms with E-state index in [1.54, 1.807) is 7.11 Å². The maximum absolute atomic E-state index is 5.92. The third-order valence-corrected chi connectivity index (χ3v) is 3.46. The Morgan fingerprint density at radius 2 is 1.71 bits per heavy atom. The molecule has 1 aromatic carbocycles. The first-order valence-corrected chi connectivity index (χ1v) is 7.64. The monoisotopic (exact) mass is 296 g/mol. The Morgan fingerprint density at radius 3 is 2.29 bits per heavy atom. The van der Waals surface area contributed by atoms with Crippen LogP contribution in [-0.2, 0) is 9.47 Å². The molecule has 0 radical (unpaired) electrons. The Morgan fingerprint density at radius 1 is 1.00 bits per heavy atom. The summed E-state index contributed by atoms with van der Waals surface area (Å²) in [5.41, 5.74) is 1.13. The minimum Gasteiger partial charge on any atom is -0.461 e. The van der Waals surface area contributed by atoms with Gasteiger partial charge in [0, 0.05) is 19.3 Å². The highest BCUT2D eigenvalue weighted by Crippen LogP contribution is 2.38. The second-order valence-electron chi connectivity index (χ2n) is 5.05. The molecular formula is C17H28O4. The lowest BCUT2D eigenvalue weighted by Crippen LogP contribution is -2.19. The van der Waals surface area contributed by atoms with Crippen LogP contribution in [0.4, 0.5) is 0 Å². The fourth-order valence-corrected chi connectivity index (χ4v) is 2.02. The summed E-state index contributed by atoms with van der Waals surface area (Å²) in [6.45, 7) is 10.6. The molecule has 0 aliphatic carbocycles. The summed E-state index contributed by atoms with van der Waals surface area (Å²) in [7, 11) is 1.62. The molecule has 0 aliphatic heterocycles. The summed E-state index contributed by atoms with van der Waals surface area (Å²) in [5.74, 6) is 1.82. The Kier molecular flexibility index (Phi) is 7.54. The lowest BCUT2D eigenvalue weighted by molar-refractivity contribution is -0.0699. The van der Waals surface area contributed by atoms with Crippen LogP contribution in [0.2, 0.25) is 0 Å². The van der Waals surface area contributed by atoms with Gasteiger partial charge in [0.2, 0.25) is 0 Å². The Balaban J connectivity index is 3.09. The van der Waals surface area contributed by atoms with Crippen molar-refractivity contribution in [1.82, 2.24) is 0 Å². The van der Waals surface area contributed by atoms with Crippen molar-refractivity contribution in [2.24, 2.45) is 0 Å². The molecule has 4 nitrogen and oxygen atoms in total. The number of ether oxygens (including phenoxy) is 4. The molecule has 3 unspecified atom stereocenters. The second kappa shape index (κ2) is 8.90. The fraction of sp³-hybridized carbons (Fsp3) is 0.647. The van der Waals surface area contributed by atoms with E-state index in [9.17, 15) is 0 Å². The van der Waals surface area contributed by atoms with E-state index in [4.69, 9.17) is 18.9 Å². The quantitative estimate of drug-likeness (QED) is 0.635. The first-order chi connectivity index (χ1) is 10.0. The fourth-order valence-electron chi connectivity index (χ4n) is 2.02. The SMILES string of the molecule is CCOC(C)Oc1cccc(C(C)CC)c1OC(C)OC. The summed E-state index contributed by atoms with van der Waals surface area (Å²) in [6.07, 6.45) is 0.379. The average Bonchev–Trinajstić information content (AvgIpc) is 2.48. The van der Waals surface area contributed by atoms with Crippen LogP contribution in [0.15, 0.2) is 18.2 Å². The molecule has 0 fully saturated rings.